The zero-order chi connectivity index (χ0) is 14.6. The van der Waals surface area contributed by atoms with Gasteiger partial charge < -0.3 is 10.2 Å². The molecule has 5 heteroatoms. The van der Waals surface area contributed by atoms with E-state index in [-0.39, 0.29) is 17.7 Å². The minimum absolute atomic E-state index is 0.153. The number of hydrogen-bond acceptors (Lipinski definition) is 2. The minimum atomic E-state index is -0.685. The number of carbonyl (C=O) groups excluding carboxylic acids is 2. The number of alkyl halides is 1. The number of carbonyl (C=O) groups is 2. The number of halogens is 1. The van der Waals surface area contributed by atoms with Gasteiger partial charge in [-0.2, -0.15) is 0 Å². The average molecular weight is 283 g/mol. The van der Waals surface area contributed by atoms with Gasteiger partial charge in [-0.15, -0.1) is 11.6 Å². The van der Waals surface area contributed by atoms with Crippen LogP contribution >= 0.6 is 11.6 Å². The van der Waals surface area contributed by atoms with Crippen LogP contribution < -0.4 is 5.32 Å². The third-order valence-electron chi connectivity index (χ3n) is 2.76. The Kier molecular flexibility index (Phi) is 4.95. The van der Waals surface area contributed by atoms with E-state index in [1.54, 1.807) is 52.2 Å². The van der Waals surface area contributed by atoms with Crippen LogP contribution in [0.5, 0.6) is 0 Å². The maximum Gasteiger partial charge on any atom is 0.255 e. The maximum absolute atomic E-state index is 12.1. The van der Waals surface area contributed by atoms with Crippen molar-refractivity contribution in [3.05, 3.63) is 29.8 Å². The van der Waals surface area contributed by atoms with E-state index in [0.717, 1.165) is 0 Å². The van der Waals surface area contributed by atoms with Crippen LogP contribution in [0.2, 0.25) is 0 Å². The minimum Gasteiger partial charge on any atom is -0.345 e. The lowest BCUT2D eigenvalue weighted by Crippen LogP contribution is -2.33. The Hall–Kier alpha value is -1.55. The fraction of sp³-hybridized carbons (Fsp3) is 0.429. The second-order valence-corrected chi connectivity index (χ2v) is 5.48. The average Bonchev–Trinajstić information content (AvgIpc) is 2.38. The summed E-state index contributed by atoms with van der Waals surface area (Å²) in [6, 6.07) is 6.93. The summed E-state index contributed by atoms with van der Waals surface area (Å²) in [5, 5.41) is 2.77. The molecule has 0 aliphatic rings. The molecule has 0 unspecified atom stereocenters. The molecule has 19 heavy (non-hydrogen) atoms. The summed E-state index contributed by atoms with van der Waals surface area (Å²) in [4.78, 5) is 25.6. The molecule has 0 radical (unpaired) electrons. The molecule has 0 aromatic heterocycles. The predicted molar refractivity (Wildman–Crippen MR) is 77.6 cm³/mol. The molecule has 1 N–H and O–H groups in total. The van der Waals surface area contributed by atoms with Crippen molar-refractivity contribution in [2.24, 2.45) is 5.41 Å². The highest BCUT2D eigenvalue weighted by Gasteiger charge is 2.27. The molecule has 2 amide bonds. The van der Waals surface area contributed by atoms with Crippen molar-refractivity contribution in [1.29, 1.82) is 0 Å². The third-order valence-corrected chi connectivity index (χ3v) is 3.43. The number of nitrogens with zero attached hydrogens (tertiary/aromatic N) is 1. The fourth-order valence-electron chi connectivity index (χ4n) is 1.37. The van der Waals surface area contributed by atoms with E-state index < -0.39 is 5.41 Å². The Morgan fingerprint density at radius 2 is 1.84 bits per heavy atom. The van der Waals surface area contributed by atoms with Gasteiger partial charge in [-0.1, -0.05) is 12.1 Å². The first kappa shape index (κ1) is 15.5. The summed E-state index contributed by atoms with van der Waals surface area (Å²) < 4.78 is 0. The van der Waals surface area contributed by atoms with Crippen LogP contribution in [0.3, 0.4) is 0 Å². The summed E-state index contributed by atoms with van der Waals surface area (Å²) in [5.74, 6) is -0.149. The Balaban J connectivity index is 3.03. The molecule has 1 rings (SSSR count). The summed E-state index contributed by atoms with van der Waals surface area (Å²) in [7, 11) is 3.34. The Morgan fingerprint density at radius 1 is 1.26 bits per heavy atom. The van der Waals surface area contributed by atoms with Crippen LogP contribution in [-0.2, 0) is 4.79 Å². The number of rotatable bonds is 4. The van der Waals surface area contributed by atoms with Crippen molar-refractivity contribution >= 4 is 29.1 Å². The van der Waals surface area contributed by atoms with Gasteiger partial charge in [-0.25, -0.2) is 0 Å². The van der Waals surface area contributed by atoms with Gasteiger partial charge in [-0.05, 0) is 26.0 Å². The lowest BCUT2D eigenvalue weighted by atomic mass is 9.95. The van der Waals surface area contributed by atoms with Gasteiger partial charge in [0.05, 0.1) is 16.7 Å². The smallest absolute Gasteiger partial charge is 0.255 e. The summed E-state index contributed by atoms with van der Waals surface area (Å²) in [5.41, 5.74) is 0.283. The molecule has 1 aromatic carbocycles. The standard InChI is InChI=1S/C14H19ClN2O2/c1-14(2,9-15)13(19)16-11-8-6-5-7-10(11)12(18)17(3)4/h5-8H,9H2,1-4H3,(H,16,19). The molecule has 104 valence electrons. The van der Waals surface area contributed by atoms with E-state index in [9.17, 15) is 9.59 Å². The van der Waals surface area contributed by atoms with Crippen LogP contribution in [0, 0.1) is 5.41 Å². The molecule has 0 saturated heterocycles. The van der Waals surface area contributed by atoms with Gasteiger partial charge in [0.15, 0.2) is 0 Å². The van der Waals surface area contributed by atoms with Crippen LogP contribution in [0.25, 0.3) is 0 Å². The number of amides is 2. The topological polar surface area (TPSA) is 49.4 Å². The van der Waals surface area contributed by atoms with Crippen LogP contribution in [0.1, 0.15) is 24.2 Å². The van der Waals surface area contributed by atoms with Crippen LogP contribution in [-0.4, -0.2) is 36.7 Å². The first-order chi connectivity index (χ1) is 8.79. The van der Waals surface area contributed by atoms with Crippen molar-refractivity contribution in [1.82, 2.24) is 4.90 Å². The van der Waals surface area contributed by atoms with Gasteiger partial charge in [-0.3, -0.25) is 9.59 Å². The first-order valence-electron chi connectivity index (χ1n) is 5.97. The van der Waals surface area contributed by atoms with E-state index in [1.807, 2.05) is 0 Å². The second kappa shape index (κ2) is 6.06. The molecule has 0 bridgehead atoms. The first-order valence-corrected chi connectivity index (χ1v) is 6.51. The van der Waals surface area contributed by atoms with Gasteiger partial charge in [0.25, 0.3) is 5.91 Å². The Bertz CT molecular complexity index is 484. The summed E-state index contributed by atoms with van der Waals surface area (Å²) in [6.45, 7) is 3.51. The van der Waals surface area contributed by atoms with Crippen molar-refractivity contribution < 1.29 is 9.59 Å². The van der Waals surface area contributed by atoms with E-state index in [2.05, 4.69) is 5.32 Å². The SMILES string of the molecule is CN(C)C(=O)c1ccccc1NC(=O)C(C)(C)CCl. The lowest BCUT2D eigenvalue weighted by molar-refractivity contribution is -0.122. The number of para-hydroxylation sites is 1. The quantitative estimate of drug-likeness (QED) is 0.863. The molecule has 1 aromatic rings. The molecular weight excluding hydrogens is 264 g/mol. The highest BCUT2D eigenvalue weighted by Crippen LogP contribution is 2.22. The largest absolute Gasteiger partial charge is 0.345 e. The highest BCUT2D eigenvalue weighted by atomic mass is 35.5. The number of hydrogen-bond donors (Lipinski definition) is 1. The van der Waals surface area contributed by atoms with E-state index in [1.165, 1.54) is 4.90 Å². The fourth-order valence-corrected chi connectivity index (χ4v) is 1.49. The zero-order valence-electron chi connectivity index (χ0n) is 11.7. The van der Waals surface area contributed by atoms with Crippen molar-refractivity contribution in [2.45, 2.75) is 13.8 Å². The molecular formula is C14H19ClN2O2. The molecule has 0 heterocycles. The van der Waals surface area contributed by atoms with Gasteiger partial charge in [0.2, 0.25) is 5.91 Å². The number of nitrogens with one attached hydrogen (secondary N) is 1. The number of anilines is 1. The monoisotopic (exact) mass is 282 g/mol. The molecule has 0 aliphatic heterocycles. The van der Waals surface area contributed by atoms with Gasteiger partial charge >= 0.3 is 0 Å². The molecule has 0 atom stereocenters. The van der Waals surface area contributed by atoms with E-state index >= 15 is 0 Å². The molecule has 0 aliphatic carbocycles. The van der Waals surface area contributed by atoms with Crippen LogP contribution in [0.15, 0.2) is 24.3 Å². The van der Waals surface area contributed by atoms with E-state index in [4.69, 9.17) is 11.6 Å². The van der Waals surface area contributed by atoms with Gasteiger partial charge in [0.1, 0.15) is 0 Å². The molecule has 4 nitrogen and oxygen atoms in total. The maximum atomic E-state index is 12.1. The van der Waals surface area contributed by atoms with Crippen molar-refractivity contribution in [2.75, 3.05) is 25.3 Å². The molecule has 0 fully saturated rings. The third kappa shape index (κ3) is 3.70. The Morgan fingerprint density at radius 3 is 2.37 bits per heavy atom. The number of benzene rings is 1. The van der Waals surface area contributed by atoms with Crippen molar-refractivity contribution in [3.8, 4) is 0 Å². The summed E-state index contributed by atoms with van der Waals surface area (Å²) in [6.07, 6.45) is 0. The highest BCUT2D eigenvalue weighted by molar-refractivity contribution is 6.20. The molecule has 0 saturated carbocycles. The van der Waals surface area contributed by atoms with E-state index in [0.29, 0.717) is 11.3 Å². The normalized spacial score (nSPS) is 11.0. The predicted octanol–water partition coefficient (Wildman–Crippen LogP) is 2.59. The molecule has 0 spiro atoms. The van der Waals surface area contributed by atoms with Crippen LogP contribution in [0.4, 0.5) is 5.69 Å². The summed E-state index contributed by atoms with van der Waals surface area (Å²) >= 11 is 5.77. The lowest BCUT2D eigenvalue weighted by Gasteiger charge is -2.22. The van der Waals surface area contributed by atoms with Gasteiger partial charge in [0, 0.05) is 20.0 Å². The zero-order valence-corrected chi connectivity index (χ0v) is 12.4. The van der Waals surface area contributed by atoms with Crippen molar-refractivity contribution in [3.63, 3.8) is 0 Å². The Labute approximate surface area is 118 Å². The second-order valence-electron chi connectivity index (χ2n) is 5.22.